The number of pyridine rings is 1. The summed E-state index contributed by atoms with van der Waals surface area (Å²) in [6.07, 6.45) is 3.77. The quantitative estimate of drug-likeness (QED) is 0.627. The lowest BCUT2D eigenvalue weighted by atomic mass is 9.97. The predicted molar refractivity (Wildman–Crippen MR) is 122 cm³/mol. The Morgan fingerprint density at radius 3 is 2.53 bits per heavy atom. The van der Waals surface area contributed by atoms with E-state index in [1.807, 2.05) is 32.2 Å². The van der Waals surface area contributed by atoms with Crippen molar-refractivity contribution in [1.29, 1.82) is 5.26 Å². The van der Waals surface area contributed by atoms with E-state index in [1.165, 1.54) is 0 Å². The zero-order valence-electron chi connectivity index (χ0n) is 18.9. The van der Waals surface area contributed by atoms with Crippen LogP contribution < -0.4 is 10.3 Å². The normalized spacial score (nSPS) is 15.6. The third-order valence-corrected chi connectivity index (χ3v) is 10.4. The molecule has 3 rings (SSSR count). The number of hydrogen-bond donors (Lipinski definition) is 0. The summed E-state index contributed by atoms with van der Waals surface area (Å²) in [6.45, 7) is 15.4. The molecule has 1 aromatic heterocycles. The Hall–Kier alpha value is -2.62. The van der Waals surface area contributed by atoms with E-state index >= 15 is 0 Å². The first-order valence-electron chi connectivity index (χ1n) is 10.2. The van der Waals surface area contributed by atoms with E-state index in [0.717, 1.165) is 16.8 Å². The van der Waals surface area contributed by atoms with Crippen molar-refractivity contribution in [2.45, 2.75) is 65.0 Å². The topological polar surface area (TPSA) is 64.2 Å². The summed E-state index contributed by atoms with van der Waals surface area (Å²) < 4.78 is 14.0. The van der Waals surface area contributed by atoms with Gasteiger partial charge in [0.05, 0.1) is 23.9 Å². The summed E-state index contributed by atoms with van der Waals surface area (Å²) in [7, 11) is -1.91. The monoisotopic (exact) mass is 422 g/mol. The van der Waals surface area contributed by atoms with E-state index in [2.05, 4.69) is 39.9 Å². The fourth-order valence-electron chi connectivity index (χ4n) is 3.09. The minimum atomic E-state index is -1.91. The maximum absolute atomic E-state index is 12.8. The second kappa shape index (κ2) is 7.57. The number of nitrogens with zero attached hydrogens (tertiary/aromatic N) is 2. The van der Waals surface area contributed by atoms with E-state index in [4.69, 9.17) is 9.16 Å². The molecule has 0 aliphatic carbocycles. The molecule has 6 heteroatoms. The molecule has 1 aliphatic heterocycles. The third kappa shape index (κ3) is 4.42. The molecule has 1 aromatic carbocycles. The molecule has 0 saturated carbocycles. The van der Waals surface area contributed by atoms with Crippen LogP contribution in [0.5, 0.6) is 5.75 Å². The minimum Gasteiger partial charge on any atom is -0.483 e. The highest BCUT2D eigenvalue weighted by Crippen LogP contribution is 2.38. The van der Waals surface area contributed by atoms with Crippen molar-refractivity contribution in [2.24, 2.45) is 0 Å². The molecule has 2 heterocycles. The second-order valence-corrected chi connectivity index (χ2v) is 14.7. The van der Waals surface area contributed by atoms with E-state index < -0.39 is 13.9 Å². The predicted octanol–water partition coefficient (Wildman–Crippen LogP) is 5.30. The summed E-state index contributed by atoms with van der Waals surface area (Å²) in [4.78, 5) is 12.8. The fraction of sp³-hybridized carbons (Fsp3) is 0.417. The number of rotatable bonds is 4. The summed E-state index contributed by atoms with van der Waals surface area (Å²) in [6, 6.07) is 10.8. The lowest BCUT2D eigenvalue weighted by Crippen LogP contribution is -2.40. The Morgan fingerprint density at radius 2 is 1.90 bits per heavy atom. The maximum atomic E-state index is 12.8. The van der Waals surface area contributed by atoms with Crippen LogP contribution in [0.15, 0.2) is 47.4 Å². The molecule has 1 aliphatic rings. The molecule has 158 valence electrons. The third-order valence-electron chi connectivity index (χ3n) is 5.88. The number of hydrogen-bond acceptors (Lipinski definition) is 4. The van der Waals surface area contributed by atoms with Gasteiger partial charge in [-0.2, -0.15) is 5.26 Å². The van der Waals surface area contributed by atoms with Crippen LogP contribution in [0.2, 0.25) is 18.1 Å². The van der Waals surface area contributed by atoms with E-state index in [1.54, 1.807) is 28.8 Å². The van der Waals surface area contributed by atoms with Gasteiger partial charge in [0, 0.05) is 17.8 Å². The molecule has 0 amide bonds. The van der Waals surface area contributed by atoms with Crippen molar-refractivity contribution < 1.29 is 9.16 Å². The van der Waals surface area contributed by atoms with Crippen molar-refractivity contribution in [3.63, 3.8) is 0 Å². The Balaban J connectivity index is 2.04. The molecule has 0 saturated heterocycles. The zero-order chi connectivity index (χ0) is 22.3. The van der Waals surface area contributed by atoms with Gasteiger partial charge in [0.2, 0.25) is 0 Å². The van der Waals surface area contributed by atoms with Crippen LogP contribution >= 0.6 is 0 Å². The summed E-state index contributed by atoms with van der Waals surface area (Å²) >= 11 is 0. The zero-order valence-corrected chi connectivity index (χ0v) is 19.9. The molecule has 0 unspecified atom stereocenters. The van der Waals surface area contributed by atoms with Gasteiger partial charge < -0.3 is 9.16 Å². The van der Waals surface area contributed by atoms with Crippen molar-refractivity contribution in [3.8, 4) is 11.8 Å². The van der Waals surface area contributed by atoms with Gasteiger partial charge in [-0.3, -0.25) is 9.36 Å². The van der Waals surface area contributed by atoms with Gasteiger partial charge in [0.1, 0.15) is 11.4 Å². The molecule has 30 heavy (non-hydrogen) atoms. The van der Waals surface area contributed by atoms with E-state index in [0.29, 0.717) is 17.9 Å². The first-order chi connectivity index (χ1) is 13.8. The second-order valence-electron chi connectivity index (χ2n) is 9.85. The Labute approximate surface area is 179 Å². The van der Waals surface area contributed by atoms with Crippen molar-refractivity contribution >= 4 is 14.0 Å². The van der Waals surface area contributed by atoms with Crippen LogP contribution in [0.1, 0.15) is 51.3 Å². The van der Waals surface area contributed by atoms with E-state index in [-0.39, 0.29) is 10.6 Å². The van der Waals surface area contributed by atoms with Crippen LogP contribution in [0.25, 0.3) is 5.70 Å². The fourth-order valence-corrected chi connectivity index (χ4v) is 4.05. The summed E-state index contributed by atoms with van der Waals surface area (Å²) in [5.74, 6) is 0.659. The van der Waals surface area contributed by atoms with Crippen molar-refractivity contribution in [1.82, 2.24) is 4.57 Å². The standard InChI is InChI=1S/C24H30N2O3Si/c1-23(2,3)30(6,7)28-16-18-9-11-22(27)26(15-18)20-13-24(4,5)29-21-10-8-17(14-25)12-19(20)21/h8-13,15H,16H2,1-7H3. The van der Waals surface area contributed by atoms with Crippen LogP contribution in [0.3, 0.4) is 0 Å². The molecule has 0 bridgehead atoms. The number of ether oxygens (including phenoxy) is 1. The molecule has 0 N–H and O–H groups in total. The van der Waals surface area contributed by atoms with Crippen LogP contribution in [-0.4, -0.2) is 18.5 Å². The summed E-state index contributed by atoms with van der Waals surface area (Å²) in [5, 5.41) is 9.43. The molecular weight excluding hydrogens is 392 g/mol. The minimum absolute atomic E-state index is 0.112. The van der Waals surface area contributed by atoms with Crippen LogP contribution in [0, 0.1) is 11.3 Å². The van der Waals surface area contributed by atoms with Gasteiger partial charge >= 0.3 is 0 Å². The highest BCUT2D eigenvalue weighted by Gasteiger charge is 2.37. The van der Waals surface area contributed by atoms with Gasteiger partial charge in [-0.1, -0.05) is 20.8 Å². The number of fused-ring (bicyclic) bond motifs is 1. The molecule has 0 radical (unpaired) electrons. The maximum Gasteiger partial charge on any atom is 0.255 e. The van der Waals surface area contributed by atoms with Crippen LogP contribution in [-0.2, 0) is 11.0 Å². The first-order valence-corrected chi connectivity index (χ1v) is 13.1. The van der Waals surface area contributed by atoms with Gasteiger partial charge in [0.15, 0.2) is 8.32 Å². The molecule has 0 atom stereocenters. The number of benzene rings is 1. The molecule has 0 spiro atoms. The first kappa shape index (κ1) is 22.1. The SMILES string of the molecule is CC1(C)C=C(n2cc(CO[Si](C)(C)C(C)(C)C)ccc2=O)c2cc(C#N)ccc2O1. The number of nitriles is 1. The molecular formula is C24H30N2O3Si. The van der Waals surface area contributed by atoms with Gasteiger partial charge in [-0.25, -0.2) is 0 Å². The van der Waals surface area contributed by atoms with Crippen molar-refractivity contribution in [2.75, 3.05) is 0 Å². The number of aromatic nitrogens is 1. The average Bonchev–Trinajstić information content (AvgIpc) is 2.65. The molecule has 0 fully saturated rings. The Kier molecular flexibility index (Phi) is 5.57. The highest BCUT2D eigenvalue weighted by atomic mass is 28.4. The lowest BCUT2D eigenvalue weighted by molar-refractivity contribution is 0.157. The Morgan fingerprint density at radius 1 is 1.20 bits per heavy atom. The van der Waals surface area contributed by atoms with E-state index in [9.17, 15) is 10.1 Å². The lowest BCUT2D eigenvalue weighted by Gasteiger charge is -2.36. The largest absolute Gasteiger partial charge is 0.483 e. The Bertz CT molecular complexity index is 1100. The highest BCUT2D eigenvalue weighted by molar-refractivity contribution is 6.74. The van der Waals surface area contributed by atoms with Crippen LogP contribution in [0.4, 0.5) is 0 Å². The average molecular weight is 423 g/mol. The smallest absolute Gasteiger partial charge is 0.255 e. The van der Waals surface area contributed by atoms with Gasteiger partial charge in [-0.15, -0.1) is 0 Å². The molecule has 2 aromatic rings. The van der Waals surface area contributed by atoms with Crippen molar-refractivity contribution in [3.05, 3.63) is 69.6 Å². The molecule has 5 nitrogen and oxygen atoms in total. The summed E-state index contributed by atoms with van der Waals surface area (Å²) in [5.41, 5.74) is 2.19. The van der Waals surface area contributed by atoms with Gasteiger partial charge in [-0.05, 0) is 67.9 Å². The van der Waals surface area contributed by atoms with Gasteiger partial charge in [0.25, 0.3) is 5.56 Å².